The minimum absolute atomic E-state index is 0.110. The molecule has 0 saturated heterocycles. The average Bonchev–Trinajstić information content (AvgIpc) is 2.68. The minimum Gasteiger partial charge on any atom is -0.497 e. The van der Waals surface area contributed by atoms with Gasteiger partial charge in [0.05, 0.1) is 12.5 Å². The molecule has 3 nitrogen and oxygen atoms in total. The Kier molecular flexibility index (Phi) is 4.25. The van der Waals surface area contributed by atoms with E-state index in [1.54, 1.807) is 7.11 Å². The molecule has 6 rings (SSSR count). The molecule has 1 N–H and O–H groups in total. The molecule has 3 heteroatoms. The van der Waals surface area contributed by atoms with Crippen LogP contribution in [-0.2, 0) is 10.2 Å². The van der Waals surface area contributed by atoms with E-state index in [-0.39, 0.29) is 10.8 Å². The molecule has 1 amide bonds. The number of rotatable bonds is 4. The van der Waals surface area contributed by atoms with Gasteiger partial charge in [-0.2, -0.15) is 0 Å². The van der Waals surface area contributed by atoms with Crippen LogP contribution in [0.1, 0.15) is 76.2 Å². The van der Waals surface area contributed by atoms with Crippen molar-refractivity contribution in [3.05, 3.63) is 29.8 Å². The third-order valence-electron chi connectivity index (χ3n) is 8.19. The third kappa shape index (κ3) is 2.98. The summed E-state index contributed by atoms with van der Waals surface area (Å²) in [4.78, 5) is 13.5. The van der Waals surface area contributed by atoms with Crippen molar-refractivity contribution in [3.63, 3.8) is 0 Å². The van der Waals surface area contributed by atoms with E-state index >= 15 is 0 Å². The first-order valence-electron chi connectivity index (χ1n) is 11.1. The molecule has 1 aromatic rings. The maximum atomic E-state index is 13.5. The second-order valence-corrected chi connectivity index (χ2v) is 10.1. The van der Waals surface area contributed by atoms with Crippen LogP contribution in [0.3, 0.4) is 0 Å². The van der Waals surface area contributed by atoms with Crippen LogP contribution < -0.4 is 10.1 Å². The van der Waals surface area contributed by atoms with Crippen molar-refractivity contribution < 1.29 is 9.53 Å². The molecule has 5 aliphatic carbocycles. The summed E-state index contributed by atoms with van der Waals surface area (Å²) in [5.74, 6) is 2.77. The molecule has 0 radical (unpaired) electrons. The van der Waals surface area contributed by atoms with Crippen molar-refractivity contribution in [2.75, 3.05) is 7.11 Å². The van der Waals surface area contributed by atoms with Gasteiger partial charge in [-0.3, -0.25) is 4.79 Å². The Labute approximate surface area is 163 Å². The number of methoxy groups -OCH3 is 1. The van der Waals surface area contributed by atoms with Gasteiger partial charge in [-0.05, 0) is 86.3 Å². The highest BCUT2D eigenvalue weighted by Gasteiger charge is 2.61. The summed E-state index contributed by atoms with van der Waals surface area (Å²) in [7, 11) is 1.73. The largest absolute Gasteiger partial charge is 0.497 e. The quantitative estimate of drug-likeness (QED) is 0.815. The lowest BCUT2D eigenvalue weighted by atomic mass is 9.42. The van der Waals surface area contributed by atoms with Crippen LogP contribution in [0.5, 0.6) is 5.75 Å². The second-order valence-electron chi connectivity index (χ2n) is 10.1. The van der Waals surface area contributed by atoms with Crippen LogP contribution >= 0.6 is 0 Å². The first-order chi connectivity index (χ1) is 13.1. The maximum Gasteiger partial charge on any atom is 0.226 e. The number of carbonyl (C=O) groups excluding carboxylic acids is 1. The lowest BCUT2D eigenvalue weighted by Gasteiger charge is -2.61. The predicted molar refractivity (Wildman–Crippen MR) is 107 cm³/mol. The van der Waals surface area contributed by atoms with Crippen molar-refractivity contribution in [1.29, 1.82) is 0 Å². The van der Waals surface area contributed by atoms with Gasteiger partial charge in [-0.1, -0.05) is 31.4 Å². The predicted octanol–water partition coefficient (Wildman–Crippen LogP) is 4.98. The van der Waals surface area contributed by atoms with Crippen LogP contribution in [0.15, 0.2) is 24.3 Å². The van der Waals surface area contributed by atoms with Crippen LogP contribution in [0.25, 0.3) is 0 Å². The summed E-state index contributed by atoms with van der Waals surface area (Å²) >= 11 is 0. The first-order valence-corrected chi connectivity index (χ1v) is 11.1. The van der Waals surface area contributed by atoms with Crippen LogP contribution in [-0.4, -0.2) is 19.1 Å². The summed E-state index contributed by atoms with van der Waals surface area (Å²) in [5, 5.41) is 3.50. The number of ether oxygens (including phenoxy) is 1. The molecule has 0 spiro atoms. The van der Waals surface area contributed by atoms with Gasteiger partial charge in [0.15, 0.2) is 0 Å². The standard InChI is InChI=1S/C24H33NO2/c1-27-21-9-7-19(8-10-21)23-12-17-11-18(13-23)15-24(14-17,16-23)22(26)25-20-5-3-2-4-6-20/h7-10,17-18,20H,2-6,11-16H2,1H3,(H,25,26)/t17-,18-,23?,24?/m1/s1. The van der Waals surface area contributed by atoms with Gasteiger partial charge >= 0.3 is 0 Å². The Hall–Kier alpha value is -1.51. The van der Waals surface area contributed by atoms with Crippen molar-refractivity contribution in [3.8, 4) is 5.75 Å². The number of nitrogens with one attached hydrogen (secondary N) is 1. The Bertz CT molecular complexity index is 690. The topological polar surface area (TPSA) is 38.3 Å². The van der Waals surface area contributed by atoms with Gasteiger partial charge in [-0.15, -0.1) is 0 Å². The first kappa shape index (κ1) is 17.6. The molecular weight excluding hydrogens is 334 g/mol. The van der Waals surface area contributed by atoms with Crippen LogP contribution in [0.2, 0.25) is 0 Å². The molecule has 0 heterocycles. The summed E-state index contributed by atoms with van der Waals surface area (Å²) in [5.41, 5.74) is 1.54. The monoisotopic (exact) mass is 367 g/mol. The molecule has 5 saturated carbocycles. The number of carbonyl (C=O) groups is 1. The molecule has 0 aliphatic heterocycles. The molecule has 2 atom stereocenters. The van der Waals surface area contributed by atoms with Gasteiger partial charge in [0.1, 0.15) is 5.75 Å². The molecule has 0 aromatic heterocycles. The van der Waals surface area contributed by atoms with E-state index in [0.717, 1.165) is 36.8 Å². The number of amides is 1. The molecule has 4 bridgehead atoms. The third-order valence-corrected chi connectivity index (χ3v) is 8.19. The summed E-state index contributed by atoms with van der Waals surface area (Å²) in [6.07, 6.45) is 13.4. The summed E-state index contributed by atoms with van der Waals surface area (Å²) in [6.45, 7) is 0. The highest BCUT2D eigenvalue weighted by molar-refractivity contribution is 5.83. The van der Waals surface area contributed by atoms with Gasteiger partial charge in [0.25, 0.3) is 0 Å². The molecule has 1 aromatic carbocycles. The molecule has 0 unspecified atom stereocenters. The van der Waals surface area contributed by atoms with Gasteiger partial charge in [-0.25, -0.2) is 0 Å². The fourth-order valence-electron chi connectivity index (χ4n) is 7.40. The normalized spacial score (nSPS) is 38.0. The van der Waals surface area contributed by atoms with Gasteiger partial charge in [0.2, 0.25) is 5.91 Å². The number of hydrogen-bond acceptors (Lipinski definition) is 2. The lowest BCUT2D eigenvalue weighted by Crippen LogP contribution is -2.60. The zero-order valence-electron chi connectivity index (χ0n) is 16.6. The van der Waals surface area contributed by atoms with E-state index in [2.05, 4.69) is 29.6 Å². The number of hydrogen-bond donors (Lipinski definition) is 1. The minimum atomic E-state index is -0.110. The maximum absolute atomic E-state index is 13.5. The molecule has 5 fully saturated rings. The van der Waals surface area contributed by atoms with Gasteiger partial charge < -0.3 is 10.1 Å². The van der Waals surface area contributed by atoms with E-state index in [1.807, 2.05) is 0 Å². The highest BCUT2D eigenvalue weighted by Crippen LogP contribution is 2.65. The molecule has 5 aliphatic rings. The van der Waals surface area contributed by atoms with Crippen molar-refractivity contribution in [1.82, 2.24) is 5.32 Å². The Morgan fingerprint density at radius 2 is 1.67 bits per heavy atom. The van der Waals surface area contributed by atoms with Crippen LogP contribution in [0.4, 0.5) is 0 Å². The summed E-state index contributed by atoms with van der Waals surface area (Å²) in [6, 6.07) is 9.15. The Balaban J connectivity index is 1.41. The lowest BCUT2D eigenvalue weighted by molar-refractivity contribution is -0.150. The molecule has 146 valence electrons. The van der Waals surface area contributed by atoms with Crippen molar-refractivity contribution >= 4 is 5.91 Å². The number of benzene rings is 1. The van der Waals surface area contributed by atoms with E-state index in [4.69, 9.17) is 4.74 Å². The van der Waals surface area contributed by atoms with E-state index in [1.165, 1.54) is 56.9 Å². The van der Waals surface area contributed by atoms with Gasteiger partial charge in [0, 0.05) is 6.04 Å². The summed E-state index contributed by atoms with van der Waals surface area (Å²) < 4.78 is 5.37. The van der Waals surface area contributed by atoms with E-state index in [9.17, 15) is 4.79 Å². The second kappa shape index (κ2) is 6.53. The Morgan fingerprint density at radius 3 is 2.30 bits per heavy atom. The zero-order valence-corrected chi connectivity index (χ0v) is 16.6. The fraction of sp³-hybridized carbons (Fsp3) is 0.708. The van der Waals surface area contributed by atoms with E-state index in [0.29, 0.717) is 11.9 Å². The zero-order chi connectivity index (χ0) is 18.5. The van der Waals surface area contributed by atoms with Crippen molar-refractivity contribution in [2.45, 2.75) is 82.1 Å². The molecular formula is C24H33NO2. The van der Waals surface area contributed by atoms with E-state index < -0.39 is 0 Å². The highest BCUT2D eigenvalue weighted by atomic mass is 16.5. The fourth-order valence-corrected chi connectivity index (χ4v) is 7.40. The molecule has 27 heavy (non-hydrogen) atoms. The smallest absolute Gasteiger partial charge is 0.226 e. The van der Waals surface area contributed by atoms with Crippen LogP contribution in [0, 0.1) is 17.3 Å². The SMILES string of the molecule is COc1ccc(C23C[C@H]4C[C@@H](CC(C(=O)NC5CCCCC5)(C4)C2)C3)cc1. The average molecular weight is 368 g/mol. The Morgan fingerprint density at radius 1 is 1.00 bits per heavy atom. The van der Waals surface area contributed by atoms with Crippen molar-refractivity contribution in [2.24, 2.45) is 17.3 Å².